The van der Waals surface area contributed by atoms with Crippen LogP contribution in [0.5, 0.6) is 11.5 Å². The molecular formula is C20H22N4O3S. The minimum Gasteiger partial charge on any atom is -0.493 e. The minimum atomic E-state index is 0.131. The van der Waals surface area contributed by atoms with Gasteiger partial charge in [-0.05, 0) is 35.3 Å². The van der Waals surface area contributed by atoms with Crippen molar-refractivity contribution in [3.05, 3.63) is 30.5 Å². The van der Waals surface area contributed by atoms with Gasteiger partial charge in [0.15, 0.2) is 11.5 Å². The third kappa shape index (κ3) is 3.35. The zero-order valence-electron chi connectivity index (χ0n) is 16.1. The van der Waals surface area contributed by atoms with E-state index in [9.17, 15) is 4.79 Å². The van der Waals surface area contributed by atoms with E-state index in [0.29, 0.717) is 11.5 Å². The zero-order chi connectivity index (χ0) is 19.7. The smallest absolute Gasteiger partial charge is 0.219 e. The second-order valence-electron chi connectivity index (χ2n) is 6.64. The lowest BCUT2D eigenvalue weighted by Crippen LogP contribution is -2.47. The van der Waals surface area contributed by atoms with Gasteiger partial charge in [0.05, 0.1) is 14.2 Å². The van der Waals surface area contributed by atoms with Crippen molar-refractivity contribution < 1.29 is 14.3 Å². The van der Waals surface area contributed by atoms with E-state index in [0.717, 1.165) is 53.3 Å². The van der Waals surface area contributed by atoms with Crippen LogP contribution in [-0.2, 0) is 4.79 Å². The van der Waals surface area contributed by atoms with Crippen LogP contribution < -0.4 is 14.4 Å². The number of carbonyl (C=O) groups excluding carboxylic acids is 1. The van der Waals surface area contributed by atoms with Crippen LogP contribution >= 0.6 is 11.5 Å². The third-order valence-electron chi connectivity index (χ3n) is 5.03. The van der Waals surface area contributed by atoms with Crippen LogP contribution in [0.1, 0.15) is 6.92 Å². The van der Waals surface area contributed by atoms with Crippen LogP contribution in [0.25, 0.3) is 22.2 Å². The van der Waals surface area contributed by atoms with Crippen molar-refractivity contribution in [2.45, 2.75) is 6.92 Å². The predicted molar refractivity (Wildman–Crippen MR) is 110 cm³/mol. The van der Waals surface area contributed by atoms with Crippen LogP contribution in [-0.4, -0.2) is 60.6 Å². The van der Waals surface area contributed by atoms with Gasteiger partial charge >= 0.3 is 0 Å². The Bertz CT molecular complexity index is 1010. The minimum absolute atomic E-state index is 0.131. The summed E-state index contributed by atoms with van der Waals surface area (Å²) >= 11 is 1.46. The summed E-state index contributed by atoms with van der Waals surface area (Å²) in [6.07, 6.45) is 1.87. The number of fused-ring (bicyclic) bond motifs is 1. The monoisotopic (exact) mass is 398 g/mol. The molecule has 3 aromatic rings. The van der Waals surface area contributed by atoms with Crippen molar-refractivity contribution in [2.75, 3.05) is 45.3 Å². The van der Waals surface area contributed by atoms with E-state index in [2.05, 4.69) is 15.3 Å². The normalized spacial score (nSPS) is 14.4. The molecule has 0 saturated carbocycles. The zero-order valence-corrected chi connectivity index (χ0v) is 17.0. The lowest BCUT2D eigenvalue weighted by Gasteiger charge is -2.34. The van der Waals surface area contributed by atoms with Gasteiger partial charge in [-0.25, -0.2) is 0 Å². The van der Waals surface area contributed by atoms with E-state index in [-0.39, 0.29) is 5.91 Å². The van der Waals surface area contributed by atoms with Crippen molar-refractivity contribution in [3.8, 4) is 22.6 Å². The van der Waals surface area contributed by atoms with Gasteiger partial charge in [-0.15, -0.1) is 0 Å². The average molecular weight is 398 g/mol. The van der Waals surface area contributed by atoms with Crippen molar-refractivity contribution in [1.29, 1.82) is 0 Å². The molecular weight excluding hydrogens is 376 g/mol. The molecule has 8 heteroatoms. The first-order chi connectivity index (χ1) is 13.6. The largest absolute Gasteiger partial charge is 0.493 e. The lowest BCUT2D eigenvalue weighted by atomic mass is 10.1. The predicted octanol–water partition coefficient (Wildman–Crippen LogP) is 3.04. The number of hydrogen-bond donors (Lipinski definition) is 0. The molecule has 0 aliphatic carbocycles. The number of hydrogen-bond acceptors (Lipinski definition) is 7. The summed E-state index contributed by atoms with van der Waals surface area (Å²) in [6.45, 7) is 4.69. The van der Waals surface area contributed by atoms with Crippen molar-refractivity contribution >= 4 is 33.5 Å². The number of amides is 1. The molecule has 1 fully saturated rings. The van der Waals surface area contributed by atoms with E-state index >= 15 is 0 Å². The number of benzene rings is 1. The highest BCUT2D eigenvalue weighted by Crippen LogP contribution is 2.35. The molecule has 0 radical (unpaired) electrons. The summed E-state index contributed by atoms with van der Waals surface area (Å²) in [4.78, 5) is 20.4. The fourth-order valence-electron chi connectivity index (χ4n) is 3.43. The molecule has 3 heterocycles. The van der Waals surface area contributed by atoms with Crippen molar-refractivity contribution in [1.82, 2.24) is 14.3 Å². The standard InChI is InChI=1S/C20H22N4O3S/c1-13(25)23-6-8-24(9-7-23)20-19-16(22-28-20)10-15(12-21-19)14-4-5-17(26-2)18(11-14)27-3/h4-5,10-12H,6-9H2,1-3H3. The topological polar surface area (TPSA) is 67.8 Å². The Balaban J connectivity index is 1.61. The molecule has 0 N–H and O–H groups in total. The Morgan fingerprint density at radius 3 is 2.46 bits per heavy atom. The SMILES string of the molecule is COc1ccc(-c2cnc3c(N4CCN(C(C)=O)CC4)snc3c2)cc1OC. The number of piperazine rings is 1. The first-order valence-corrected chi connectivity index (χ1v) is 9.86. The highest BCUT2D eigenvalue weighted by Gasteiger charge is 2.22. The third-order valence-corrected chi connectivity index (χ3v) is 5.94. The molecule has 0 spiro atoms. The van der Waals surface area contributed by atoms with Crippen LogP contribution in [0.4, 0.5) is 5.00 Å². The fourth-order valence-corrected chi connectivity index (χ4v) is 4.29. The molecule has 0 bridgehead atoms. The molecule has 2 aromatic heterocycles. The number of rotatable bonds is 4. The van der Waals surface area contributed by atoms with E-state index in [1.165, 1.54) is 11.5 Å². The number of anilines is 1. The van der Waals surface area contributed by atoms with E-state index in [4.69, 9.17) is 14.5 Å². The maximum atomic E-state index is 11.5. The Morgan fingerprint density at radius 2 is 1.79 bits per heavy atom. The van der Waals surface area contributed by atoms with Gasteiger partial charge < -0.3 is 19.3 Å². The van der Waals surface area contributed by atoms with Gasteiger partial charge in [0.1, 0.15) is 16.0 Å². The van der Waals surface area contributed by atoms with Gasteiger partial charge in [-0.2, -0.15) is 4.37 Å². The van der Waals surface area contributed by atoms with E-state index in [1.54, 1.807) is 21.1 Å². The van der Waals surface area contributed by atoms with Crippen molar-refractivity contribution in [3.63, 3.8) is 0 Å². The van der Waals surface area contributed by atoms with Gasteiger partial charge in [0.2, 0.25) is 5.91 Å². The van der Waals surface area contributed by atoms with Crippen molar-refractivity contribution in [2.24, 2.45) is 0 Å². The summed E-state index contributed by atoms with van der Waals surface area (Å²) in [5, 5.41) is 1.07. The lowest BCUT2D eigenvalue weighted by molar-refractivity contribution is -0.129. The molecule has 0 atom stereocenters. The molecule has 1 aliphatic rings. The van der Waals surface area contributed by atoms with E-state index in [1.807, 2.05) is 29.3 Å². The first-order valence-electron chi connectivity index (χ1n) is 9.09. The molecule has 1 aliphatic heterocycles. The Labute approximate surface area is 167 Å². The second kappa shape index (κ2) is 7.63. The summed E-state index contributed by atoms with van der Waals surface area (Å²) in [7, 11) is 3.25. The number of methoxy groups -OCH3 is 2. The van der Waals surface area contributed by atoms with Gasteiger partial charge in [0, 0.05) is 44.9 Å². The average Bonchev–Trinajstić information content (AvgIpc) is 3.16. The van der Waals surface area contributed by atoms with Gasteiger partial charge in [-0.3, -0.25) is 9.78 Å². The van der Waals surface area contributed by atoms with Gasteiger partial charge in [-0.1, -0.05) is 6.07 Å². The summed E-state index contributed by atoms with van der Waals surface area (Å²) < 4.78 is 15.3. The molecule has 1 amide bonds. The number of nitrogens with zero attached hydrogens (tertiary/aromatic N) is 4. The molecule has 1 saturated heterocycles. The van der Waals surface area contributed by atoms with Crippen LogP contribution in [0.15, 0.2) is 30.5 Å². The maximum Gasteiger partial charge on any atom is 0.219 e. The molecule has 1 aromatic carbocycles. The first kappa shape index (κ1) is 18.5. The van der Waals surface area contributed by atoms with Gasteiger partial charge in [0.25, 0.3) is 0 Å². The fraction of sp³-hybridized carbons (Fsp3) is 0.350. The number of carbonyl (C=O) groups is 1. The number of aromatic nitrogens is 2. The maximum absolute atomic E-state index is 11.5. The molecule has 0 unspecified atom stereocenters. The van der Waals surface area contributed by atoms with E-state index < -0.39 is 0 Å². The van der Waals surface area contributed by atoms with Crippen LogP contribution in [0.3, 0.4) is 0 Å². The summed E-state index contributed by atoms with van der Waals surface area (Å²) in [6, 6.07) is 7.86. The quantitative estimate of drug-likeness (QED) is 0.673. The molecule has 146 valence electrons. The second-order valence-corrected chi connectivity index (χ2v) is 7.39. The Hall–Kier alpha value is -2.87. The highest BCUT2D eigenvalue weighted by molar-refractivity contribution is 7.11. The number of ether oxygens (including phenoxy) is 2. The van der Waals surface area contributed by atoms with Crippen LogP contribution in [0, 0.1) is 0 Å². The molecule has 7 nitrogen and oxygen atoms in total. The molecule has 4 rings (SSSR count). The summed E-state index contributed by atoms with van der Waals surface area (Å²) in [5.41, 5.74) is 3.76. The highest BCUT2D eigenvalue weighted by atomic mass is 32.1. The molecule has 28 heavy (non-hydrogen) atoms. The van der Waals surface area contributed by atoms with Crippen LogP contribution in [0.2, 0.25) is 0 Å². The Morgan fingerprint density at radius 1 is 1.04 bits per heavy atom. The number of pyridine rings is 1. The Kier molecular flexibility index (Phi) is 5.04. The summed E-state index contributed by atoms with van der Waals surface area (Å²) in [5.74, 6) is 1.51.